The van der Waals surface area contributed by atoms with Crippen molar-refractivity contribution in [3.63, 3.8) is 0 Å². The summed E-state index contributed by atoms with van der Waals surface area (Å²) in [5, 5.41) is 5.90. The monoisotopic (exact) mass is 492 g/mol. The predicted molar refractivity (Wildman–Crippen MR) is 112 cm³/mol. The van der Waals surface area contributed by atoms with Crippen LogP contribution in [-0.4, -0.2) is 32.5 Å². The molecule has 0 atom stereocenters. The van der Waals surface area contributed by atoms with Crippen LogP contribution in [0.3, 0.4) is 0 Å². The third-order valence-electron chi connectivity index (χ3n) is 4.44. The van der Waals surface area contributed by atoms with Gasteiger partial charge in [-0.25, -0.2) is 28.1 Å². The Morgan fingerprint density at radius 2 is 1.83 bits per heavy atom. The zero-order valence-electron chi connectivity index (χ0n) is 16.0. The summed E-state index contributed by atoms with van der Waals surface area (Å²) >= 11 is 3.19. The molecule has 1 heterocycles. The van der Waals surface area contributed by atoms with E-state index in [4.69, 9.17) is 14.6 Å². The molecule has 3 aromatic rings. The molecule has 8 nitrogen and oxygen atoms in total. The molecule has 3 rings (SSSR count). The molecule has 0 saturated carbocycles. The number of nitrogens with zero attached hydrogens (tertiary/aromatic N) is 1. The summed E-state index contributed by atoms with van der Waals surface area (Å²) in [7, 11) is -2.74. The Morgan fingerprint density at radius 3 is 2.50 bits per heavy atom. The second-order valence-electron chi connectivity index (χ2n) is 6.33. The molecule has 30 heavy (non-hydrogen) atoms. The number of hydrogen-bond donors (Lipinski definition) is 1. The van der Waals surface area contributed by atoms with Crippen LogP contribution in [0.5, 0.6) is 0 Å². The number of carbonyl (C=O) groups is 2. The van der Waals surface area contributed by atoms with Crippen LogP contribution in [-0.2, 0) is 26.1 Å². The van der Waals surface area contributed by atoms with Crippen LogP contribution in [0.1, 0.15) is 32.0 Å². The third kappa shape index (κ3) is 4.35. The Labute approximate surface area is 181 Å². The number of carbonyl (C=O) groups excluding carboxylic acids is 2. The number of halogens is 1. The minimum atomic E-state index is -4.00. The molecule has 10 heteroatoms. The highest BCUT2D eigenvalue weighted by atomic mass is 79.9. The van der Waals surface area contributed by atoms with Gasteiger partial charge < -0.3 is 9.47 Å². The Morgan fingerprint density at radius 1 is 1.13 bits per heavy atom. The van der Waals surface area contributed by atoms with Gasteiger partial charge in [-0.05, 0) is 52.7 Å². The van der Waals surface area contributed by atoms with Gasteiger partial charge in [0.1, 0.15) is 6.61 Å². The van der Waals surface area contributed by atoms with Crippen molar-refractivity contribution in [2.75, 3.05) is 7.11 Å². The smallest absolute Gasteiger partial charge is 0.340 e. The Hall–Kier alpha value is -2.82. The van der Waals surface area contributed by atoms with Gasteiger partial charge in [-0.3, -0.25) is 0 Å². The molecule has 0 aliphatic rings. The first-order valence-electron chi connectivity index (χ1n) is 8.59. The number of para-hydroxylation sites is 1. The maximum absolute atomic E-state index is 12.6. The largest absolute Gasteiger partial charge is 0.465 e. The molecule has 0 radical (unpaired) electrons. The Balaban J connectivity index is 1.98. The maximum Gasteiger partial charge on any atom is 0.340 e. The second-order valence-corrected chi connectivity index (χ2v) is 8.75. The van der Waals surface area contributed by atoms with Crippen molar-refractivity contribution in [3.05, 3.63) is 69.3 Å². The molecule has 0 spiro atoms. The van der Waals surface area contributed by atoms with Gasteiger partial charge in [0.25, 0.3) is 0 Å². The Kier molecular flexibility index (Phi) is 6.20. The molecule has 156 valence electrons. The molecular weight excluding hydrogens is 476 g/mol. The first-order chi connectivity index (χ1) is 14.1. The standard InChI is InChI=1S/C20H17BrN2O6S/c1-11-13-5-3-4-6-16(13)23-17(18(11)20(25)28-2)10-29-19(24)14-9-12(30(22,26)27)7-8-15(14)21/h3-9H,10H2,1-2H3,(H2,22,26,27). The van der Waals surface area contributed by atoms with Gasteiger partial charge in [-0.2, -0.15) is 0 Å². The zero-order chi connectivity index (χ0) is 22.1. The number of fused-ring (bicyclic) bond motifs is 1. The summed E-state index contributed by atoms with van der Waals surface area (Å²) in [4.78, 5) is 29.1. The van der Waals surface area contributed by atoms with Crippen LogP contribution in [0.15, 0.2) is 51.8 Å². The fraction of sp³-hybridized carbons (Fsp3) is 0.150. The van der Waals surface area contributed by atoms with E-state index in [9.17, 15) is 18.0 Å². The summed E-state index contributed by atoms with van der Waals surface area (Å²) in [6.07, 6.45) is 0. The first kappa shape index (κ1) is 21.9. The van der Waals surface area contributed by atoms with Crippen LogP contribution < -0.4 is 5.14 Å². The van der Waals surface area contributed by atoms with Crippen molar-refractivity contribution < 1.29 is 27.5 Å². The molecule has 2 N–H and O–H groups in total. The second kappa shape index (κ2) is 8.50. The number of sulfonamides is 1. The van der Waals surface area contributed by atoms with Crippen molar-refractivity contribution in [2.24, 2.45) is 5.14 Å². The fourth-order valence-corrected chi connectivity index (χ4v) is 3.92. The van der Waals surface area contributed by atoms with Gasteiger partial charge in [0, 0.05) is 9.86 Å². The van der Waals surface area contributed by atoms with Crippen LogP contribution in [0.25, 0.3) is 10.9 Å². The molecule has 0 aliphatic carbocycles. The number of esters is 2. The maximum atomic E-state index is 12.6. The number of benzene rings is 2. The number of methoxy groups -OCH3 is 1. The van der Waals surface area contributed by atoms with Crippen molar-refractivity contribution in [1.29, 1.82) is 0 Å². The van der Waals surface area contributed by atoms with Crippen LogP contribution in [0.4, 0.5) is 0 Å². The van der Waals surface area contributed by atoms with Gasteiger partial charge in [-0.1, -0.05) is 18.2 Å². The SMILES string of the molecule is COC(=O)c1c(COC(=O)c2cc(S(N)(=O)=O)ccc2Br)nc2ccccc2c1C. The predicted octanol–water partition coefficient (Wildman–Crippen LogP) is 3.10. The molecule has 0 unspecified atom stereocenters. The van der Waals surface area contributed by atoms with E-state index in [2.05, 4.69) is 20.9 Å². The summed E-state index contributed by atoms with van der Waals surface area (Å²) in [5.74, 6) is -1.41. The molecule has 0 bridgehead atoms. The molecule has 0 saturated heterocycles. The first-order valence-corrected chi connectivity index (χ1v) is 10.9. The minimum absolute atomic E-state index is 0.0290. The van der Waals surface area contributed by atoms with Gasteiger partial charge in [0.2, 0.25) is 10.0 Å². The number of ether oxygens (including phenoxy) is 2. The van der Waals surface area contributed by atoms with Crippen molar-refractivity contribution in [3.8, 4) is 0 Å². The van der Waals surface area contributed by atoms with E-state index in [1.54, 1.807) is 19.1 Å². The summed E-state index contributed by atoms with van der Waals surface area (Å²) < 4.78 is 33.6. The summed E-state index contributed by atoms with van der Waals surface area (Å²) in [6.45, 7) is 1.44. The quantitative estimate of drug-likeness (QED) is 0.542. The lowest BCUT2D eigenvalue weighted by Crippen LogP contribution is -2.16. The van der Waals surface area contributed by atoms with E-state index < -0.39 is 22.0 Å². The highest BCUT2D eigenvalue weighted by Crippen LogP contribution is 2.25. The number of rotatable bonds is 5. The van der Waals surface area contributed by atoms with Crippen LogP contribution in [0.2, 0.25) is 0 Å². The molecule has 2 aromatic carbocycles. The average molecular weight is 493 g/mol. The van der Waals surface area contributed by atoms with E-state index in [0.717, 1.165) is 11.5 Å². The Bertz CT molecular complexity index is 1270. The van der Waals surface area contributed by atoms with Gasteiger partial charge in [0.05, 0.1) is 34.3 Å². The molecule has 0 aliphatic heterocycles. The minimum Gasteiger partial charge on any atom is -0.465 e. The molecule has 0 fully saturated rings. The van der Waals surface area contributed by atoms with Crippen molar-refractivity contribution in [2.45, 2.75) is 18.4 Å². The number of pyridine rings is 1. The number of hydrogen-bond acceptors (Lipinski definition) is 7. The zero-order valence-corrected chi connectivity index (χ0v) is 18.4. The van der Waals surface area contributed by atoms with Gasteiger partial charge >= 0.3 is 11.9 Å². The third-order valence-corrected chi connectivity index (χ3v) is 6.05. The fourth-order valence-electron chi connectivity index (χ4n) is 2.97. The normalized spacial score (nSPS) is 11.3. The van der Waals surface area contributed by atoms with Crippen molar-refractivity contribution >= 4 is 48.8 Å². The van der Waals surface area contributed by atoms with E-state index >= 15 is 0 Å². The highest BCUT2D eigenvalue weighted by Gasteiger charge is 2.22. The lowest BCUT2D eigenvalue weighted by Gasteiger charge is -2.14. The van der Waals surface area contributed by atoms with Gasteiger partial charge in [0.15, 0.2) is 0 Å². The number of aryl methyl sites for hydroxylation is 1. The van der Waals surface area contributed by atoms with Crippen molar-refractivity contribution in [1.82, 2.24) is 4.98 Å². The van der Waals surface area contributed by atoms with E-state index in [0.29, 0.717) is 15.6 Å². The highest BCUT2D eigenvalue weighted by molar-refractivity contribution is 9.10. The number of nitrogens with two attached hydrogens (primary N) is 1. The average Bonchev–Trinajstić information content (AvgIpc) is 2.71. The molecule has 1 aromatic heterocycles. The lowest BCUT2D eigenvalue weighted by molar-refractivity contribution is 0.0454. The molecular formula is C20H17BrN2O6S. The summed E-state index contributed by atoms with van der Waals surface area (Å²) in [5.41, 5.74) is 1.69. The van der Waals surface area contributed by atoms with E-state index in [-0.39, 0.29) is 28.3 Å². The lowest BCUT2D eigenvalue weighted by atomic mass is 10.0. The summed E-state index contributed by atoms with van der Waals surface area (Å²) in [6, 6.07) is 11.0. The van der Waals surface area contributed by atoms with Gasteiger partial charge in [-0.15, -0.1) is 0 Å². The number of aromatic nitrogens is 1. The van der Waals surface area contributed by atoms with E-state index in [1.165, 1.54) is 19.2 Å². The number of primary sulfonamides is 1. The topological polar surface area (TPSA) is 126 Å². The molecule has 0 amide bonds. The van der Waals surface area contributed by atoms with Crippen LogP contribution >= 0.6 is 15.9 Å². The van der Waals surface area contributed by atoms with E-state index in [1.807, 2.05) is 12.1 Å². The van der Waals surface area contributed by atoms with Crippen LogP contribution in [0, 0.1) is 6.92 Å².